The molecule has 9 aromatic rings. The molecule has 6 aromatic carbocycles. The minimum absolute atomic E-state index is 0.947. The molecule has 0 spiro atoms. The zero-order valence-electron chi connectivity index (χ0n) is 24.8. The van der Waals surface area contributed by atoms with Gasteiger partial charge in [-0.2, -0.15) is 0 Å². The molecule has 0 unspecified atom stereocenters. The fourth-order valence-electron chi connectivity index (χ4n) is 6.44. The summed E-state index contributed by atoms with van der Waals surface area (Å²) in [7, 11) is 0. The van der Waals surface area contributed by atoms with Crippen LogP contribution in [0, 0.1) is 0 Å². The molecule has 0 radical (unpaired) electrons. The van der Waals surface area contributed by atoms with Crippen molar-refractivity contribution in [3.05, 3.63) is 164 Å². The van der Waals surface area contributed by atoms with Crippen LogP contribution in [0.25, 0.3) is 81.8 Å². The standard InChI is InChI=1S/C42H27N3S/c1-2-9-28(10-3-1)29-17-19-30(20-18-29)31-23-24-43-38(26-31)32-11-8-12-34(25-32)45-39-15-6-4-13-35(39)36-22-21-33(27-40(36)45)42-44-37-14-5-7-16-41(37)46-42/h1-27H. The fourth-order valence-corrected chi connectivity index (χ4v) is 7.40. The summed E-state index contributed by atoms with van der Waals surface area (Å²) in [6.45, 7) is 0. The summed E-state index contributed by atoms with van der Waals surface area (Å²) in [4.78, 5) is 9.76. The van der Waals surface area contributed by atoms with Gasteiger partial charge in [0.1, 0.15) is 5.01 Å². The summed E-state index contributed by atoms with van der Waals surface area (Å²) in [5, 5.41) is 3.49. The minimum Gasteiger partial charge on any atom is -0.309 e. The Kier molecular flexibility index (Phi) is 6.32. The number of hydrogen-bond donors (Lipinski definition) is 0. The predicted molar refractivity (Wildman–Crippen MR) is 193 cm³/mol. The van der Waals surface area contributed by atoms with Gasteiger partial charge in [0.25, 0.3) is 0 Å². The molecule has 0 amide bonds. The maximum atomic E-state index is 4.95. The van der Waals surface area contributed by atoms with Gasteiger partial charge < -0.3 is 4.57 Å². The maximum Gasteiger partial charge on any atom is 0.124 e. The van der Waals surface area contributed by atoms with E-state index in [0.29, 0.717) is 0 Å². The summed E-state index contributed by atoms with van der Waals surface area (Å²) in [5.74, 6) is 0. The second-order valence-electron chi connectivity index (χ2n) is 11.5. The van der Waals surface area contributed by atoms with Gasteiger partial charge in [0, 0.05) is 33.8 Å². The van der Waals surface area contributed by atoms with Crippen molar-refractivity contribution < 1.29 is 0 Å². The monoisotopic (exact) mass is 605 g/mol. The molecule has 0 saturated heterocycles. The largest absolute Gasteiger partial charge is 0.309 e. The van der Waals surface area contributed by atoms with E-state index in [1.165, 1.54) is 37.7 Å². The molecule has 3 aromatic heterocycles. The first-order valence-electron chi connectivity index (χ1n) is 15.4. The third-order valence-corrected chi connectivity index (χ3v) is 9.79. The van der Waals surface area contributed by atoms with Crippen LogP contribution in [0.4, 0.5) is 0 Å². The Morgan fingerprint density at radius 3 is 2.02 bits per heavy atom. The third-order valence-electron chi connectivity index (χ3n) is 8.70. The number of fused-ring (bicyclic) bond motifs is 4. The molecule has 0 saturated carbocycles. The first-order chi connectivity index (χ1) is 22.8. The predicted octanol–water partition coefficient (Wildman–Crippen LogP) is 11.5. The summed E-state index contributed by atoms with van der Waals surface area (Å²) in [6, 6.07) is 56.0. The molecule has 46 heavy (non-hydrogen) atoms. The van der Waals surface area contributed by atoms with E-state index in [4.69, 9.17) is 9.97 Å². The minimum atomic E-state index is 0.947. The van der Waals surface area contributed by atoms with Crippen LogP contribution >= 0.6 is 11.3 Å². The van der Waals surface area contributed by atoms with E-state index < -0.39 is 0 Å². The Morgan fingerprint density at radius 1 is 0.457 bits per heavy atom. The molecule has 216 valence electrons. The van der Waals surface area contributed by atoms with E-state index >= 15 is 0 Å². The number of aromatic nitrogens is 3. The summed E-state index contributed by atoms with van der Waals surface area (Å²) < 4.78 is 3.57. The molecular weight excluding hydrogens is 579 g/mol. The van der Waals surface area contributed by atoms with Crippen LogP contribution < -0.4 is 0 Å². The van der Waals surface area contributed by atoms with Crippen molar-refractivity contribution >= 4 is 43.4 Å². The highest BCUT2D eigenvalue weighted by Gasteiger charge is 2.15. The summed E-state index contributed by atoms with van der Waals surface area (Å²) in [5.41, 5.74) is 12.4. The van der Waals surface area contributed by atoms with Crippen LogP contribution in [0.3, 0.4) is 0 Å². The van der Waals surface area contributed by atoms with Gasteiger partial charge in [0.05, 0.1) is 26.9 Å². The highest BCUT2D eigenvalue weighted by Crippen LogP contribution is 2.37. The van der Waals surface area contributed by atoms with Gasteiger partial charge in [-0.05, 0) is 70.8 Å². The topological polar surface area (TPSA) is 30.7 Å². The first-order valence-corrected chi connectivity index (χ1v) is 16.2. The highest BCUT2D eigenvalue weighted by molar-refractivity contribution is 7.21. The van der Waals surface area contributed by atoms with Crippen molar-refractivity contribution in [2.75, 3.05) is 0 Å². The van der Waals surface area contributed by atoms with E-state index in [9.17, 15) is 0 Å². The van der Waals surface area contributed by atoms with Crippen molar-refractivity contribution in [1.29, 1.82) is 0 Å². The van der Waals surface area contributed by atoms with Crippen LogP contribution in [0.1, 0.15) is 0 Å². The Labute approximate surface area is 270 Å². The normalized spacial score (nSPS) is 11.5. The average molecular weight is 606 g/mol. The second kappa shape index (κ2) is 11.0. The van der Waals surface area contributed by atoms with E-state index in [0.717, 1.165) is 44.1 Å². The van der Waals surface area contributed by atoms with Crippen molar-refractivity contribution in [3.8, 4) is 49.8 Å². The molecule has 0 aliphatic heterocycles. The summed E-state index contributed by atoms with van der Waals surface area (Å²) in [6.07, 6.45) is 1.91. The van der Waals surface area contributed by atoms with Gasteiger partial charge in [-0.1, -0.05) is 109 Å². The number of hydrogen-bond acceptors (Lipinski definition) is 3. The number of thiazole rings is 1. The quantitative estimate of drug-likeness (QED) is 0.195. The zero-order valence-corrected chi connectivity index (χ0v) is 25.7. The Balaban J connectivity index is 1.13. The molecule has 0 N–H and O–H groups in total. The summed E-state index contributed by atoms with van der Waals surface area (Å²) >= 11 is 1.74. The van der Waals surface area contributed by atoms with Gasteiger partial charge in [-0.3, -0.25) is 4.98 Å². The number of nitrogens with zero attached hydrogens (tertiary/aromatic N) is 3. The molecule has 3 heterocycles. The molecule has 0 fully saturated rings. The van der Waals surface area contributed by atoms with E-state index in [2.05, 4.69) is 150 Å². The molecule has 0 aliphatic rings. The number of para-hydroxylation sites is 2. The molecule has 4 heteroatoms. The van der Waals surface area contributed by atoms with Gasteiger partial charge in [-0.25, -0.2) is 4.98 Å². The Hall–Kier alpha value is -5.84. The first kappa shape index (κ1) is 26.6. The highest BCUT2D eigenvalue weighted by atomic mass is 32.1. The Bertz CT molecular complexity index is 2490. The Morgan fingerprint density at radius 2 is 1.15 bits per heavy atom. The lowest BCUT2D eigenvalue weighted by atomic mass is 9.99. The lowest BCUT2D eigenvalue weighted by molar-refractivity contribution is 1.18. The SMILES string of the molecule is c1ccc(-c2ccc(-c3ccnc(-c4cccc(-n5c6ccccc6c6ccc(-c7nc8ccccc8s7)cc65)c4)c3)cc2)cc1. The second-order valence-corrected chi connectivity index (χ2v) is 12.5. The van der Waals surface area contributed by atoms with Crippen LogP contribution in [0.5, 0.6) is 0 Å². The number of rotatable bonds is 5. The van der Waals surface area contributed by atoms with E-state index in [1.807, 2.05) is 18.3 Å². The molecule has 0 bridgehead atoms. The van der Waals surface area contributed by atoms with Crippen molar-refractivity contribution in [3.63, 3.8) is 0 Å². The average Bonchev–Trinajstić information content (AvgIpc) is 3.72. The van der Waals surface area contributed by atoms with Crippen LogP contribution in [-0.4, -0.2) is 14.5 Å². The van der Waals surface area contributed by atoms with E-state index in [-0.39, 0.29) is 0 Å². The molecular formula is C42H27N3S. The third kappa shape index (κ3) is 4.59. The van der Waals surface area contributed by atoms with Crippen molar-refractivity contribution in [2.24, 2.45) is 0 Å². The van der Waals surface area contributed by atoms with Gasteiger partial charge >= 0.3 is 0 Å². The molecule has 9 rings (SSSR count). The lowest BCUT2D eigenvalue weighted by Crippen LogP contribution is -1.95. The van der Waals surface area contributed by atoms with Crippen molar-refractivity contribution in [1.82, 2.24) is 14.5 Å². The van der Waals surface area contributed by atoms with E-state index in [1.54, 1.807) is 11.3 Å². The number of benzene rings is 6. The maximum absolute atomic E-state index is 4.95. The van der Waals surface area contributed by atoms with Crippen LogP contribution in [0.15, 0.2) is 164 Å². The molecule has 3 nitrogen and oxygen atoms in total. The van der Waals surface area contributed by atoms with Gasteiger partial charge in [-0.15, -0.1) is 11.3 Å². The van der Waals surface area contributed by atoms with Crippen molar-refractivity contribution in [2.45, 2.75) is 0 Å². The molecule has 0 aliphatic carbocycles. The van der Waals surface area contributed by atoms with Crippen LogP contribution in [-0.2, 0) is 0 Å². The number of pyridine rings is 1. The van der Waals surface area contributed by atoms with Gasteiger partial charge in [0.2, 0.25) is 0 Å². The zero-order chi connectivity index (χ0) is 30.5. The van der Waals surface area contributed by atoms with Crippen LogP contribution in [0.2, 0.25) is 0 Å². The lowest BCUT2D eigenvalue weighted by Gasteiger charge is -2.11. The fraction of sp³-hybridized carbons (Fsp3) is 0. The van der Waals surface area contributed by atoms with Gasteiger partial charge in [0.15, 0.2) is 0 Å². The smallest absolute Gasteiger partial charge is 0.124 e. The molecule has 0 atom stereocenters.